The second-order valence-corrected chi connectivity index (χ2v) is 7.86. The maximum absolute atomic E-state index is 11.3. The van der Waals surface area contributed by atoms with Gasteiger partial charge in [0.2, 0.25) is 0 Å². The maximum Gasteiger partial charge on any atom is 0.528 e. The van der Waals surface area contributed by atoms with Gasteiger partial charge in [-0.2, -0.15) is 0 Å². The number of carbonyl (C=O) groups excluding carboxylic acids is 21. The van der Waals surface area contributed by atoms with Crippen LogP contribution in [0.3, 0.4) is 0 Å². The number of methoxy groups -OCH3 is 1. The second-order valence-electron chi connectivity index (χ2n) is 7.86. The number of hydrogen-bond acceptors (Lipinski definition) is 44. The highest BCUT2D eigenvalue weighted by Crippen LogP contribution is 2.04. The van der Waals surface area contributed by atoms with Crippen LogP contribution in [0.15, 0.2) is 0 Å². The molecular weight excluding hydrogens is 996 g/mol. The summed E-state index contributed by atoms with van der Waals surface area (Å²) in [7, 11) is 0.719. The van der Waals surface area contributed by atoms with Crippen LogP contribution in [0.1, 0.15) is 0 Å². The number of hydrogen-bond donors (Lipinski definition) is 1. The molecule has 0 atom stereocenters. The SMILES string of the molecule is COC(=O)OC(=O)OC(=O)OC(=O)OC(=O)OC(=O)OC(=O)OC(=O)OC(=O)OC(=O)OC(=O)OC(=O)OC(=O)OC(=O)OC(=O)OC(=O)OC(=O)OC(=O)OC(=O)OC(=O)OC(=O)OC(=O)O. The average Bonchev–Trinajstić information content (AvgIpc) is 3.12. The van der Waals surface area contributed by atoms with E-state index in [2.05, 4.69) is 104 Å². The zero-order chi connectivity index (χ0) is 52.3. The van der Waals surface area contributed by atoms with Crippen molar-refractivity contribution in [3.05, 3.63) is 0 Å². The molecule has 0 saturated heterocycles. The summed E-state index contributed by atoms with van der Waals surface area (Å²) in [4.78, 5) is 244. The number of rotatable bonds is 0. The maximum atomic E-state index is 11.3. The van der Waals surface area contributed by atoms with Crippen LogP contribution in [0.25, 0.3) is 0 Å². The van der Waals surface area contributed by atoms with Gasteiger partial charge in [-0.1, -0.05) is 0 Å². The van der Waals surface area contributed by atoms with Gasteiger partial charge >= 0.3 is 135 Å². The summed E-state index contributed by atoms with van der Waals surface area (Å²) in [5, 5.41) is 8.07. The molecule has 45 nitrogen and oxygen atoms in total. The molecular formula is C23H4O45. The highest BCUT2D eigenvalue weighted by molar-refractivity contribution is 5.96. The molecule has 0 aliphatic carbocycles. The molecule has 0 saturated carbocycles. The Morgan fingerprint density at radius 2 is 0.265 bits per heavy atom. The van der Waals surface area contributed by atoms with E-state index < -0.39 is 135 Å². The third-order valence-electron chi connectivity index (χ3n) is 3.67. The van der Waals surface area contributed by atoms with Gasteiger partial charge in [-0.05, 0) is 0 Å². The molecule has 0 amide bonds. The first-order valence-corrected chi connectivity index (χ1v) is 13.9. The van der Waals surface area contributed by atoms with Crippen LogP contribution in [0.5, 0.6) is 0 Å². The minimum absolute atomic E-state index is 0.719. The first-order valence-electron chi connectivity index (χ1n) is 13.9. The van der Waals surface area contributed by atoms with Gasteiger partial charge in [0.15, 0.2) is 0 Å². The van der Waals surface area contributed by atoms with Crippen molar-refractivity contribution in [2.75, 3.05) is 7.11 Å². The van der Waals surface area contributed by atoms with E-state index >= 15 is 0 Å². The molecule has 0 aromatic heterocycles. The van der Waals surface area contributed by atoms with Crippen LogP contribution in [-0.2, 0) is 104 Å². The Morgan fingerprint density at radius 1 is 0.176 bits per heavy atom. The predicted octanol–water partition coefficient (Wildman–Crippen LogP) is 3.18. The molecule has 0 radical (unpaired) electrons. The molecule has 45 heteroatoms. The monoisotopic (exact) mass is 1000 g/mol. The van der Waals surface area contributed by atoms with Crippen molar-refractivity contribution in [1.82, 2.24) is 0 Å². The van der Waals surface area contributed by atoms with Gasteiger partial charge in [0.05, 0.1) is 7.11 Å². The molecule has 0 aliphatic rings. The van der Waals surface area contributed by atoms with E-state index in [9.17, 15) is 105 Å². The zero-order valence-electron chi connectivity index (χ0n) is 30.4. The lowest BCUT2D eigenvalue weighted by molar-refractivity contribution is 0.0127. The van der Waals surface area contributed by atoms with Crippen LogP contribution in [0, 0.1) is 0 Å². The number of carbonyl (C=O) groups is 22. The minimum atomic E-state index is -2.60. The van der Waals surface area contributed by atoms with E-state index in [1.165, 1.54) is 0 Å². The lowest BCUT2D eigenvalue weighted by Crippen LogP contribution is -2.27. The average molecular weight is 1000 g/mol. The summed E-state index contributed by atoms with van der Waals surface area (Å²) in [6, 6.07) is 0. The van der Waals surface area contributed by atoms with Crippen molar-refractivity contribution < 1.29 is 215 Å². The van der Waals surface area contributed by atoms with Gasteiger partial charge in [0.25, 0.3) is 0 Å². The lowest BCUT2D eigenvalue weighted by atomic mass is 11.1. The Labute approximate surface area is 358 Å². The van der Waals surface area contributed by atoms with E-state index in [1.54, 1.807) is 0 Å². The third kappa shape index (κ3) is 27.8. The van der Waals surface area contributed by atoms with Crippen LogP contribution in [0.2, 0.25) is 0 Å². The van der Waals surface area contributed by atoms with Gasteiger partial charge in [-0.15, -0.1) is 0 Å². The van der Waals surface area contributed by atoms with Crippen LogP contribution >= 0.6 is 0 Å². The fourth-order valence-electron chi connectivity index (χ4n) is 1.89. The van der Waals surface area contributed by atoms with Gasteiger partial charge in [-0.3, -0.25) is 0 Å². The summed E-state index contributed by atoms with van der Waals surface area (Å²) >= 11 is 0. The molecule has 0 rings (SSSR count). The Balaban J connectivity index is 4.52. The topological polar surface area (TPSA) is 599 Å². The molecule has 0 fully saturated rings. The van der Waals surface area contributed by atoms with Crippen LogP contribution < -0.4 is 0 Å². The summed E-state index contributed by atoms with van der Waals surface area (Å²) in [5.74, 6) is 0. The molecule has 0 heterocycles. The normalized spacial score (nSPS) is 9.13. The van der Waals surface area contributed by atoms with Crippen molar-refractivity contribution in [1.29, 1.82) is 0 Å². The van der Waals surface area contributed by atoms with Gasteiger partial charge in [0, 0.05) is 0 Å². The highest BCUT2D eigenvalue weighted by atomic mass is 17.0. The van der Waals surface area contributed by atoms with Gasteiger partial charge in [0.1, 0.15) is 0 Å². The lowest BCUT2D eigenvalue weighted by Gasteiger charge is -2.05. The van der Waals surface area contributed by atoms with Crippen LogP contribution in [-0.4, -0.2) is 148 Å². The minimum Gasteiger partial charge on any atom is -0.449 e. The first-order chi connectivity index (χ1) is 31.5. The molecule has 0 bridgehead atoms. The summed E-state index contributed by atoms with van der Waals surface area (Å²) in [5.41, 5.74) is 0. The van der Waals surface area contributed by atoms with Crippen molar-refractivity contribution in [3.63, 3.8) is 0 Å². The summed E-state index contributed by atoms with van der Waals surface area (Å²) in [6.45, 7) is 0. The highest BCUT2D eigenvalue weighted by Gasteiger charge is 2.31. The summed E-state index contributed by atoms with van der Waals surface area (Å²) in [6.07, 6.45) is -53.8. The molecule has 68 heavy (non-hydrogen) atoms. The van der Waals surface area contributed by atoms with E-state index in [0.29, 0.717) is 0 Å². The first kappa shape index (κ1) is 56.1. The van der Waals surface area contributed by atoms with Crippen molar-refractivity contribution in [2.24, 2.45) is 0 Å². The summed E-state index contributed by atoms with van der Waals surface area (Å²) < 4.78 is 76.2. The standard InChI is InChI=1S/C23H4O45/c1-47-3(26)49-5(28)51-7(30)53-9(32)55-11(34)57-13(36)59-15(38)61-17(40)63-19(42)65-21(44)67-23(46)68-22(45)66-20(43)64-18(41)62-16(39)60-14(37)58-12(35)56-10(33)54-8(31)52-6(29)50-4(27)48-2(24)25/h1H3,(H,24,25). The van der Waals surface area contributed by atoms with E-state index in [1.807, 2.05) is 0 Å². The zero-order valence-corrected chi connectivity index (χ0v) is 30.4. The van der Waals surface area contributed by atoms with Crippen molar-refractivity contribution in [2.45, 2.75) is 0 Å². The molecule has 0 aromatic carbocycles. The predicted molar refractivity (Wildman–Crippen MR) is 151 cm³/mol. The third-order valence-corrected chi connectivity index (χ3v) is 3.67. The van der Waals surface area contributed by atoms with E-state index in [4.69, 9.17) is 5.11 Å². The molecule has 0 spiro atoms. The Bertz CT molecular complexity index is 2210. The smallest absolute Gasteiger partial charge is 0.449 e. The molecule has 0 aromatic rings. The largest absolute Gasteiger partial charge is 0.528 e. The quantitative estimate of drug-likeness (QED) is 0.207. The fourth-order valence-corrected chi connectivity index (χ4v) is 1.89. The number of carboxylic acid groups (broad SMARTS) is 1. The molecule has 366 valence electrons. The van der Waals surface area contributed by atoms with Gasteiger partial charge < -0.3 is 109 Å². The molecule has 0 aliphatic heterocycles. The molecule has 0 unspecified atom stereocenters. The van der Waals surface area contributed by atoms with E-state index in [-0.39, 0.29) is 0 Å². The fraction of sp³-hybridized carbons (Fsp3) is 0.0435. The van der Waals surface area contributed by atoms with E-state index in [0.717, 1.165) is 7.11 Å². The number of ether oxygens (including phenoxy) is 22. The Hall–Kier alpha value is -11.9. The second kappa shape index (κ2) is 27.9. The van der Waals surface area contributed by atoms with Gasteiger partial charge in [-0.25, -0.2) is 105 Å². The Morgan fingerprint density at radius 3 is 0.353 bits per heavy atom. The Kier molecular flexibility index (Phi) is 23.0. The van der Waals surface area contributed by atoms with Crippen molar-refractivity contribution in [3.8, 4) is 0 Å². The van der Waals surface area contributed by atoms with Crippen molar-refractivity contribution >= 4 is 135 Å². The molecule has 1 N–H and O–H groups in total. The van der Waals surface area contributed by atoms with Crippen LogP contribution in [0.4, 0.5) is 105 Å².